The first-order valence-electron chi connectivity index (χ1n) is 6.82. The molecule has 1 atom stereocenters. The molecule has 1 aliphatic rings. The van der Waals surface area contributed by atoms with Crippen LogP contribution >= 0.6 is 0 Å². The number of nitrogens with zero attached hydrogens (tertiary/aromatic N) is 3. The van der Waals surface area contributed by atoms with E-state index in [0.717, 1.165) is 12.8 Å². The molecule has 0 aromatic carbocycles. The zero-order valence-electron chi connectivity index (χ0n) is 11.6. The van der Waals surface area contributed by atoms with Crippen molar-refractivity contribution in [3.8, 4) is 0 Å². The van der Waals surface area contributed by atoms with Crippen LogP contribution in [0.5, 0.6) is 0 Å². The van der Waals surface area contributed by atoms with E-state index in [9.17, 15) is 18.3 Å². The van der Waals surface area contributed by atoms with Crippen molar-refractivity contribution in [3.05, 3.63) is 12.4 Å². The highest BCUT2D eigenvalue weighted by Crippen LogP contribution is 2.24. The summed E-state index contributed by atoms with van der Waals surface area (Å²) in [5.41, 5.74) is 0. The van der Waals surface area contributed by atoms with Crippen LogP contribution in [0.15, 0.2) is 17.3 Å². The number of hydrogen-bond donors (Lipinski definition) is 2. The number of aliphatic hydroxyl groups is 1. The number of sulfonamides is 1. The molecule has 0 amide bonds. The van der Waals surface area contributed by atoms with Crippen LogP contribution in [0.4, 0.5) is 0 Å². The number of aliphatic carboxylic acids is 1. The molecule has 0 bridgehead atoms. The number of hydrogen-bond acceptors (Lipinski definition) is 5. The van der Waals surface area contributed by atoms with Gasteiger partial charge in [0.15, 0.2) is 0 Å². The predicted octanol–water partition coefficient (Wildman–Crippen LogP) is -0.107. The zero-order valence-corrected chi connectivity index (χ0v) is 12.4. The molecular weight excluding hydrogens is 298 g/mol. The molecule has 0 spiro atoms. The van der Waals surface area contributed by atoms with Gasteiger partial charge in [-0.05, 0) is 12.8 Å². The summed E-state index contributed by atoms with van der Waals surface area (Å²) in [5.74, 6) is -0.966. The summed E-state index contributed by atoms with van der Waals surface area (Å²) in [6.07, 6.45) is 4.74. The van der Waals surface area contributed by atoms with Gasteiger partial charge in [0.25, 0.3) is 0 Å². The van der Waals surface area contributed by atoms with Gasteiger partial charge in [-0.2, -0.15) is 9.40 Å². The molecule has 1 fully saturated rings. The van der Waals surface area contributed by atoms with E-state index >= 15 is 0 Å². The van der Waals surface area contributed by atoms with E-state index in [0.29, 0.717) is 13.0 Å². The van der Waals surface area contributed by atoms with E-state index in [2.05, 4.69) is 5.10 Å². The van der Waals surface area contributed by atoms with Crippen LogP contribution in [-0.2, 0) is 21.4 Å². The molecule has 9 heteroatoms. The number of carbonyl (C=O) groups is 1. The number of carboxylic acid groups (broad SMARTS) is 1. The molecule has 1 saturated heterocycles. The number of rotatable bonds is 6. The van der Waals surface area contributed by atoms with Crippen LogP contribution in [0.3, 0.4) is 0 Å². The Hall–Kier alpha value is -1.45. The molecule has 2 heterocycles. The van der Waals surface area contributed by atoms with Crippen molar-refractivity contribution in [2.75, 3.05) is 13.2 Å². The molecule has 1 unspecified atom stereocenters. The second-order valence-corrected chi connectivity index (χ2v) is 6.92. The molecule has 2 N–H and O–H groups in total. The lowest BCUT2D eigenvalue weighted by molar-refractivity contribution is -0.137. The second kappa shape index (κ2) is 6.54. The fraction of sp³-hybridized carbons (Fsp3) is 0.667. The van der Waals surface area contributed by atoms with Gasteiger partial charge < -0.3 is 10.2 Å². The topological polar surface area (TPSA) is 113 Å². The Morgan fingerprint density at radius 2 is 2.19 bits per heavy atom. The summed E-state index contributed by atoms with van der Waals surface area (Å²) in [6.45, 7) is 0.300. The summed E-state index contributed by atoms with van der Waals surface area (Å²) in [5, 5.41) is 21.8. The molecule has 0 saturated carbocycles. The van der Waals surface area contributed by atoms with Gasteiger partial charge >= 0.3 is 5.97 Å². The van der Waals surface area contributed by atoms with Crippen molar-refractivity contribution in [2.45, 2.75) is 43.2 Å². The van der Waals surface area contributed by atoms with Crippen LogP contribution in [0.25, 0.3) is 0 Å². The van der Waals surface area contributed by atoms with Crippen molar-refractivity contribution in [1.29, 1.82) is 0 Å². The highest BCUT2D eigenvalue weighted by molar-refractivity contribution is 7.89. The Bertz CT molecular complexity index is 598. The number of piperidine rings is 1. The highest BCUT2D eigenvalue weighted by Gasteiger charge is 2.33. The lowest BCUT2D eigenvalue weighted by Crippen LogP contribution is -2.45. The number of aromatic nitrogens is 2. The van der Waals surface area contributed by atoms with E-state index in [-0.39, 0.29) is 24.5 Å². The smallest absolute Gasteiger partial charge is 0.305 e. The summed E-state index contributed by atoms with van der Waals surface area (Å²) in [6, 6.07) is -0.397. The Labute approximate surface area is 123 Å². The third-order valence-corrected chi connectivity index (χ3v) is 5.46. The molecule has 0 radical (unpaired) electrons. The number of aliphatic hydroxyl groups excluding tert-OH is 1. The normalized spacial score (nSPS) is 20.5. The average molecular weight is 317 g/mol. The van der Waals surface area contributed by atoms with Gasteiger partial charge in [-0.25, -0.2) is 8.42 Å². The van der Waals surface area contributed by atoms with E-state index in [1.807, 2.05) is 0 Å². The molecule has 8 nitrogen and oxygen atoms in total. The maximum absolute atomic E-state index is 12.6. The van der Waals surface area contributed by atoms with Gasteiger partial charge in [-0.1, -0.05) is 6.42 Å². The summed E-state index contributed by atoms with van der Waals surface area (Å²) in [7, 11) is -3.70. The first kappa shape index (κ1) is 15.9. The van der Waals surface area contributed by atoms with Crippen LogP contribution in [-0.4, -0.2) is 57.9 Å². The molecule has 21 heavy (non-hydrogen) atoms. The van der Waals surface area contributed by atoms with Gasteiger partial charge in [0.2, 0.25) is 10.0 Å². The average Bonchev–Trinajstić information content (AvgIpc) is 2.94. The van der Waals surface area contributed by atoms with Gasteiger partial charge in [0.05, 0.1) is 25.8 Å². The summed E-state index contributed by atoms with van der Waals surface area (Å²) >= 11 is 0. The van der Waals surface area contributed by atoms with Crippen molar-refractivity contribution in [1.82, 2.24) is 14.1 Å². The van der Waals surface area contributed by atoms with Crippen molar-refractivity contribution < 1.29 is 23.4 Å². The standard InChI is InChI=1S/C12H19N3O5S/c16-9-10-3-1-2-5-15(10)21(19,20)11-7-13-14(8-11)6-4-12(17)18/h7-8,10,16H,1-6,9H2,(H,17,18). The minimum Gasteiger partial charge on any atom is -0.481 e. The highest BCUT2D eigenvalue weighted by atomic mass is 32.2. The first-order chi connectivity index (χ1) is 9.95. The van der Waals surface area contributed by atoms with Crippen LogP contribution in [0, 0.1) is 0 Å². The lowest BCUT2D eigenvalue weighted by Gasteiger charge is -2.32. The molecular formula is C12H19N3O5S. The molecule has 1 aromatic heterocycles. The van der Waals surface area contributed by atoms with Crippen molar-refractivity contribution in [3.63, 3.8) is 0 Å². The van der Waals surface area contributed by atoms with Crippen LogP contribution in [0.2, 0.25) is 0 Å². The molecule has 118 valence electrons. The minimum atomic E-state index is -3.70. The van der Waals surface area contributed by atoms with E-state index in [1.54, 1.807) is 0 Å². The molecule has 1 aromatic rings. The fourth-order valence-corrected chi connectivity index (χ4v) is 4.06. The quantitative estimate of drug-likeness (QED) is 0.757. The predicted molar refractivity (Wildman–Crippen MR) is 73.1 cm³/mol. The molecule has 1 aliphatic heterocycles. The summed E-state index contributed by atoms with van der Waals surface area (Å²) in [4.78, 5) is 10.5. The maximum atomic E-state index is 12.6. The van der Waals surface area contributed by atoms with Crippen molar-refractivity contribution >= 4 is 16.0 Å². The third-order valence-electron chi connectivity index (χ3n) is 3.55. The van der Waals surface area contributed by atoms with Gasteiger partial charge in [-0.3, -0.25) is 9.48 Å². The Kier molecular flexibility index (Phi) is 4.96. The Morgan fingerprint density at radius 3 is 2.86 bits per heavy atom. The van der Waals surface area contributed by atoms with Gasteiger partial charge in [-0.15, -0.1) is 0 Å². The Morgan fingerprint density at radius 1 is 1.43 bits per heavy atom. The van der Waals surface area contributed by atoms with Crippen LogP contribution in [0.1, 0.15) is 25.7 Å². The van der Waals surface area contributed by atoms with Gasteiger partial charge in [0, 0.05) is 18.8 Å². The minimum absolute atomic E-state index is 0.0354. The molecule has 0 aliphatic carbocycles. The van der Waals surface area contributed by atoms with Crippen LogP contribution < -0.4 is 0 Å². The largest absolute Gasteiger partial charge is 0.481 e. The van der Waals surface area contributed by atoms with E-state index in [4.69, 9.17) is 5.11 Å². The SMILES string of the molecule is O=C(O)CCn1cc(S(=O)(=O)N2CCCCC2CO)cn1. The zero-order chi connectivity index (χ0) is 15.5. The van der Waals surface area contributed by atoms with Gasteiger partial charge in [0.1, 0.15) is 4.90 Å². The molecule has 2 rings (SSSR count). The summed E-state index contributed by atoms with van der Waals surface area (Å²) < 4.78 is 27.7. The first-order valence-corrected chi connectivity index (χ1v) is 8.26. The maximum Gasteiger partial charge on any atom is 0.305 e. The Balaban J connectivity index is 2.17. The second-order valence-electron chi connectivity index (χ2n) is 5.03. The van der Waals surface area contributed by atoms with Crippen molar-refractivity contribution in [2.24, 2.45) is 0 Å². The van der Waals surface area contributed by atoms with E-state index < -0.39 is 22.0 Å². The number of carboxylic acids is 1. The van der Waals surface area contributed by atoms with E-state index in [1.165, 1.54) is 21.4 Å². The lowest BCUT2D eigenvalue weighted by atomic mass is 10.1. The number of aryl methyl sites for hydroxylation is 1. The monoisotopic (exact) mass is 317 g/mol. The third kappa shape index (κ3) is 3.60. The fourth-order valence-electron chi connectivity index (χ4n) is 2.42.